The maximum Gasteiger partial charge on any atom is 0.245 e. The predicted octanol–water partition coefficient (Wildman–Crippen LogP) is -0.396. The number of piperazine rings is 1. The lowest BCUT2D eigenvalue weighted by Gasteiger charge is -2.25. The van der Waals surface area contributed by atoms with Crippen LogP contribution in [-0.4, -0.2) is 51.6 Å². The number of anilines is 1. The molecule has 2 aromatic heterocycles. The zero-order chi connectivity index (χ0) is 10.8. The van der Waals surface area contributed by atoms with Gasteiger partial charge in [0.2, 0.25) is 5.95 Å². The van der Waals surface area contributed by atoms with Gasteiger partial charge in [0.15, 0.2) is 5.82 Å². The lowest BCUT2D eigenvalue weighted by molar-refractivity contribution is 0.580. The van der Waals surface area contributed by atoms with E-state index in [9.17, 15) is 0 Å². The van der Waals surface area contributed by atoms with Crippen LogP contribution in [-0.2, 0) is 0 Å². The zero-order valence-corrected chi connectivity index (χ0v) is 8.77. The van der Waals surface area contributed by atoms with E-state index in [1.165, 1.54) is 0 Å². The molecule has 1 aliphatic heterocycles. The number of hydrogen-bond donors (Lipinski definition) is 3. The molecule has 2 aromatic rings. The van der Waals surface area contributed by atoms with Gasteiger partial charge in [-0.1, -0.05) is 0 Å². The SMILES string of the molecule is c1cc(-c2nc(N3CCNCC3)n[nH]2)[nH]n1. The highest BCUT2D eigenvalue weighted by molar-refractivity contribution is 5.50. The second-order valence-electron chi connectivity index (χ2n) is 3.69. The van der Waals surface area contributed by atoms with Crippen molar-refractivity contribution >= 4 is 5.95 Å². The first-order chi connectivity index (χ1) is 7.93. The Morgan fingerprint density at radius 1 is 1.19 bits per heavy atom. The summed E-state index contributed by atoms with van der Waals surface area (Å²) in [5.41, 5.74) is 0.855. The van der Waals surface area contributed by atoms with Crippen molar-refractivity contribution in [3.8, 4) is 11.5 Å². The Balaban J connectivity index is 1.82. The minimum Gasteiger partial charge on any atom is -0.337 e. The number of hydrogen-bond acceptors (Lipinski definition) is 5. The molecule has 84 valence electrons. The van der Waals surface area contributed by atoms with Crippen LogP contribution in [0.3, 0.4) is 0 Å². The van der Waals surface area contributed by atoms with Crippen molar-refractivity contribution < 1.29 is 0 Å². The lowest BCUT2D eigenvalue weighted by atomic mass is 10.4. The van der Waals surface area contributed by atoms with Gasteiger partial charge in [-0.15, -0.1) is 5.10 Å². The van der Waals surface area contributed by atoms with E-state index in [4.69, 9.17) is 0 Å². The van der Waals surface area contributed by atoms with E-state index in [0.717, 1.165) is 43.6 Å². The molecule has 16 heavy (non-hydrogen) atoms. The van der Waals surface area contributed by atoms with Crippen molar-refractivity contribution in [3.05, 3.63) is 12.3 Å². The molecule has 0 aromatic carbocycles. The fraction of sp³-hybridized carbons (Fsp3) is 0.444. The maximum absolute atomic E-state index is 4.44. The third-order valence-corrected chi connectivity index (χ3v) is 2.63. The van der Waals surface area contributed by atoms with Gasteiger partial charge in [-0.2, -0.15) is 10.1 Å². The number of nitrogens with one attached hydrogen (secondary N) is 3. The van der Waals surface area contributed by atoms with Crippen LogP contribution in [0.15, 0.2) is 12.3 Å². The van der Waals surface area contributed by atoms with Gasteiger partial charge < -0.3 is 10.2 Å². The van der Waals surface area contributed by atoms with Gasteiger partial charge in [0.1, 0.15) is 5.69 Å². The first-order valence-electron chi connectivity index (χ1n) is 5.31. The molecule has 1 fully saturated rings. The monoisotopic (exact) mass is 219 g/mol. The van der Waals surface area contributed by atoms with Gasteiger partial charge in [0.25, 0.3) is 0 Å². The second-order valence-corrected chi connectivity index (χ2v) is 3.69. The molecule has 3 rings (SSSR count). The molecule has 7 heteroatoms. The number of nitrogens with zero attached hydrogens (tertiary/aromatic N) is 4. The summed E-state index contributed by atoms with van der Waals surface area (Å²) in [5.74, 6) is 1.48. The molecule has 3 N–H and O–H groups in total. The molecule has 0 radical (unpaired) electrons. The Kier molecular flexibility index (Phi) is 2.30. The smallest absolute Gasteiger partial charge is 0.245 e. The molecule has 0 saturated carbocycles. The molecule has 0 bridgehead atoms. The third kappa shape index (κ3) is 1.65. The summed E-state index contributed by atoms with van der Waals surface area (Å²) in [6, 6.07) is 1.86. The number of rotatable bonds is 2. The van der Waals surface area contributed by atoms with E-state index in [-0.39, 0.29) is 0 Å². The Morgan fingerprint density at radius 3 is 2.81 bits per heavy atom. The van der Waals surface area contributed by atoms with Gasteiger partial charge >= 0.3 is 0 Å². The van der Waals surface area contributed by atoms with Gasteiger partial charge in [0.05, 0.1) is 0 Å². The molecular weight excluding hydrogens is 206 g/mol. The van der Waals surface area contributed by atoms with E-state index in [1.807, 2.05) is 6.07 Å². The van der Waals surface area contributed by atoms with Crippen LogP contribution in [0.5, 0.6) is 0 Å². The number of H-pyrrole nitrogens is 2. The Hall–Kier alpha value is -1.89. The highest BCUT2D eigenvalue weighted by Gasteiger charge is 2.15. The van der Waals surface area contributed by atoms with E-state index in [1.54, 1.807) is 6.20 Å². The van der Waals surface area contributed by atoms with Crippen molar-refractivity contribution in [2.45, 2.75) is 0 Å². The van der Waals surface area contributed by atoms with Crippen LogP contribution in [0.25, 0.3) is 11.5 Å². The highest BCUT2D eigenvalue weighted by atomic mass is 15.4. The quantitative estimate of drug-likeness (QED) is 0.640. The average Bonchev–Trinajstić information content (AvgIpc) is 3.01. The maximum atomic E-state index is 4.44. The first kappa shape index (κ1) is 9.34. The summed E-state index contributed by atoms with van der Waals surface area (Å²) >= 11 is 0. The summed E-state index contributed by atoms with van der Waals surface area (Å²) in [6.45, 7) is 3.85. The van der Waals surface area contributed by atoms with Crippen LogP contribution in [0.2, 0.25) is 0 Å². The predicted molar refractivity (Wildman–Crippen MR) is 59.0 cm³/mol. The van der Waals surface area contributed by atoms with Crippen LogP contribution in [0, 0.1) is 0 Å². The van der Waals surface area contributed by atoms with E-state index < -0.39 is 0 Å². The van der Waals surface area contributed by atoms with Crippen LogP contribution < -0.4 is 10.2 Å². The molecule has 1 aliphatic rings. The molecular formula is C9H13N7. The van der Waals surface area contributed by atoms with Crippen LogP contribution >= 0.6 is 0 Å². The fourth-order valence-electron chi connectivity index (χ4n) is 1.77. The third-order valence-electron chi connectivity index (χ3n) is 2.63. The van der Waals surface area contributed by atoms with E-state index >= 15 is 0 Å². The van der Waals surface area contributed by atoms with Crippen molar-refractivity contribution in [2.24, 2.45) is 0 Å². The standard InChI is InChI=1S/C9H13N7/c1-2-11-13-7(1)8-12-9(15-14-8)16-5-3-10-4-6-16/h1-2,10H,3-6H2,(H,11,13)(H,12,14,15). The van der Waals surface area contributed by atoms with Crippen molar-refractivity contribution in [3.63, 3.8) is 0 Å². The van der Waals surface area contributed by atoms with Crippen LogP contribution in [0.4, 0.5) is 5.95 Å². The lowest BCUT2D eigenvalue weighted by Crippen LogP contribution is -2.44. The van der Waals surface area contributed by atoms with Crippen molar-refractivity contribution in [1.29, 1.82) is 0 Å². The van der Waals surface area contributed by atoms with Gasteiger partial charge in [-0.25, -0.2) is 0 Å². The average molecular weight is 219 g/mol. The summed E-state index contributed by atoms with van der Waals surface area (Å²) in [6.07, 6.45) is 1.70. The first-order valence-corrected chi connectivity index (χ1v) is 5.31. The zero-order valence-electron chi connectivity index (χ0n) is 8.77. The van der Waals surface area contributed by atoms with Gasteiger partial charge in [0, 0.05) is 32.4 Å². The minimum absolute atomic E-state index is 0.728. The number of aromatic nitrogens is 5. The summed E-state index contributed by atoms with van der Waals surface area (Å²) in [7, 11) is 0. The van der Waals surface area contributed by atoms with E-state index in [2.05, 4.69) is 35.6 Å². The van der Waals surface area contributed by atoms with Crippen molar-refractivity contribution in [1.82, 2.24) is 30.7 Å². The fourth-order valence-corrected chi connectivity index (χ4v) is 1.77. The largest absolute Gasteiger partial charge is 0.337 e. The molecule has 3 heterocycles. The highest BCUT2D eigenvalue weighted by Crippen LogP contribution is 2.14. The van der Waals surface area contributed by atoms with E-state index in [0.29, 0.717) is 0 Å². The second kappa shape index (κ2) is 3.93. The molecule has 0 atom stereocenters. The van der Waals surface area contributed by atoms with Crippen molar-refractivity contribution in [2.75, 3.05) is 31.1 Å². The number of aromatic amines is 2. The Labute approximate surface area is 92.3 Å². The summed E-state index contributed by atoms with van der Waals surface area (Å²) in [4.78, 5) is 6.60. The Morgan fingerprint density at radius 2 is 2.06 bits per heavy atom. The molecule has 0 aliphatic carbocycles. The van der Waals surface area contributed by atoms with Gasteiger partial charge in [-0.05, 0) is 6.07 Å². The molecule has 1 saturated heterocycles. The summed E-state index contributed by atoms with van der Waals surface area (Å²) in [5, 5.41) is 17.2. The molecule has 0 amide bonds. The molecule has 7 nitrogen and oxygen atoms in total. The normalized spacial score (nSPS) is 16.6. The minimum atomic E-state index is 0.728. The summed E-state index contributed by atoms with van der Waals surface area (Å²) < 4.78 is 0. The Bertz CT molecular complexity index is 440. The topological polar surface area (TPSA) is 85.5 Å². The van der Waals surface area contributed by atoms with Crippen LogP contribution in [0.1, 0.15) is 0 Å². The van der Waals surface area contributed by atoms with Gasteiger partial charge in [-0.3, -0.25) is 10.2 Å². The molecule has 0 spiro atoms. The molecule has 0 unspecified atom stereocenters.